The lowest BCUT2D eigenvalue weighted by molar-refractivity contribution is -0.143. The molecule has 28 heavy (non-hydrogen) atoms. The molecule has 1 saturated carbocycles. The van der Waals surface area contributed by atoms with Crippen LogP contribution in [0.25, 0.3) is 16.6 Å². The Morgan fingerprint density at radius 2 is 1.93 bits per heavy atom. The number of urea groups is 1. The monoisotopic (exact) mass is 379 g/mol. The zero-order valence-electron chi connectivity index (χ0n) is 14.9. The Bertz CT molecular complexity index is 1020. The number of para-hydroxylation sites is 2. The van der Waals surface area contributed by atoms with E-state index in [0.29, 0.717) is 28.8 Å². The average molecular weight is 379 g/mol. The van der Waals surface area contributed by atoms with Gasteiger partial charge >= 0.3 is 17.8 Å². The highest BCUT2D eigenvalue weighted by Crippen LogP contribution is 2.28. The number of aromatic amines is 1. The van der Waals surface area contributed by atoms with Crippen LogP contribution >= 0.6 is 0 Å². The van der Waals surface area contributed by atoms with Crippen LogP contribution in [0.15, 0.2) is 30.0 Å². The van der Waals surface area contributed by atoms with Gasteiger partial charge in [-0.2, -0.15) is 5.26 Å². The van der Waals surface area contributed by atoms with Crippen LogP contribution in [-0.2, 0) is 9.59 Å². The largest absolute Gasteiger partial charge is 0.509 e. The molecule has 1 saturated heterocycles. The van der Waals surface area contributed by atoms with Gasteiger partial charge in [-0.25, -0.2) is 14.7 Å². The second kappa shape index (κ2) is 6.81. The van der Waals surface area contributed by atoms with Crippen LogP contribution in [0.4, 0.5) is 4.79 Å². The van der Waals surface area contributed by atoms with Crippen LogP contribution in [0.5, 0.6) is 0 Å². The molecule has 9 nitrogen and oxygen atoms in total. The quantitative estimate of drug-likeness (QED) is 0.362. The van der Waals surface area contributed by atoms with Crippen molar-refractivity contribution in [3.8, 4) is 6.07 Å². The van der Waals surface area contributed by atoms with Crippen LogP contribution < -0.4 is 0 Å². The molecule has 1 aromatic carbocycles. The van der Waals surface area contributed by atoms with Crippen molar-refractivity contribution in [3.63, 3.8) is 0 Å². The van der Waals surface area contributed by atoms with Crippen molar-refractivity contribution in [3.05, 3.63) is 35.8 Å². The van der Waals surface area contributed by atoms with Crippen LogP contribution in [0.3, 0.4) is 0 Å². The maximum absolute atomic E-state index is 12.6. The number of aromatic nitrogens is 2. The van der Waals surface area contributed by atoms with E-state index in [0.717, 1.165) is 17.7 Å². The summed E-state index contributed by atoms with van der Waals surface area (Å²) in [6, 6.07) is 7.90. The Hall–Kier alpha value is -3.67. The van der Waals surface area contributed by atoms with Crippen molar-refractivity contribution in [2.45, 2.75) is 31.7 Å². The normalized spacial score (nSPS) is 18.9. The third-order valence-corrected chi connectivity index (χ3v) is 5.11. The maximum atomic E-state index is 12.6. The summed E-state index contributed by atoms with van der Waals surface area (Å²) in [4.78, 5) is 46.0. The number of fused-ring (bicyclic) bond motifs is 1. The Morgan fingerprint density at radius 1 is 1.21 bits per heavy atom. The molecule has 1 aliphatic heterocycles. The van der Waals surface area contributed by atoms with E-state index in [1.165, 1.54) is 0 Å². The van der Waals surface area contributed by atoms with Crippen molar-refractivity contribution < 1.29 is 19.5 Å². The Labute approximate surface area is 159 Å². The van der Waals surface area contributed by atoms with Crippen LogP contribution in [0.2, 0.25) is 0 Å². The fourth-order valence-corrected chi connectivity index (χ4v) is 3.70. The number of H-pyrrole nitrogens is 1. The highest BCUT2D eigenvalue weighted by atomic mass is 16.3. The number of carbonyl (C=O) groups excluding carboxylic acids is 3. The van der Waals surface area contributed by atoms with Crippen LogP contribution in [0, 0.1) is 11.3 Å². The van der Waals surface area contributed by atoms with E-state index < -0.39 is 30.1 Å². The second-order valence-electron chi connectivity index (χ2n) is 6.82. The molecule has 4 rings (SSSR count). The number of hydrogen-bond donors (Lipinski definition) is 2. The predicted octanol–water partition coefficient (Wildman–Crippen LogP) is 2.09. The number of nitriles is 1. The zero-order valence-corrected chi connectivity index (χ0v) is 14.9. The van der Waals surface area contributed by atoms with Crippen molar-refractivity contribution in [2.24, 2.45) is 0 Å². The van der Waals surface area contributed by atoms with Crippen molar-refractivity contribution in [1.29, 1.82) is 5.26 Å². The van der Waals surface area contributed by atoms with E-state index in [9.17, 15) is 24.8 Å². The number of aliphatic hydroxyl groups excluding tert-OH is 1. The van der Waals surface area contributed by atoms with E-state index in [-0.39, 0.29) is 17.4 Å². The van der Waals surface area contributed by atoms with Crippen molar-refractivity contribution in [2.75, 3.05) is 6.54 Å². The summed E-state index contributed by atoms with van der Waals surface area (Å²) in [6.07, 6.45) is 3.13. The molecule has 2 aromatic rings. The molecule has 0 bridgehead atoms. The summed E-state index contributed by atoms with van der Waals surface area (Å²) in [6.45, 7) is -0.563. The third kappa shape index (κ3) is 2.79. The molecule has 2 aliphatic rings. The number of amides is 4. The van der Waals surface area contributed by atoms with Gasteiger partial charge in [0.25, 0.3) is 0 Å². The summed E-state index contributed by atoms with van der Waals surface area (Å²) in [7, 11) is 0. The molecule has 0 atom stereocenters. The minimum Gasteiger partial charge on any atom is -0.509 e. The first-order chi connectivity index (χ1) is 13.5. The van der Waals surface area contributed by atoms with E-state index in [4.69, 9.17) is 0 Å². The molecule has 142 valence electrons. The Kier molecular flexibility index (Phi) is 4.31. The number of nitrogens with one attached hydrogen (secondary N) is 1. The number of nitrogens with zero attached hydrogens (tertiary/aromatic N) is 4. The average Bonchev–Trinajstić information content (AvgIpc) is 3.39. The van der Waals surface area contributed by atoms with Gasteiger partial charge in [0.1, 0.15) is 17.4 Å². The van der Waals surface area contributed by atoms with Crippen LogP contribution in [-0.4, -0.2) is 55.3 Å². The third-order valence-electron chi connectivity index (χ3n) is 5.11. The number of imidazole rings is 1. The van der Waals surface area contributed by atoms with E-state index in [2.05, 4.69) is 9.97 Å². The molecule has 2 N–H and O–H groups in total. The van der Waals surface area contributed by atoms with Gasteiger partial charge in [-0.1, -0.05) is 25.0 Å². The first kappa shape index (κ1) is 17.7. The molecular formula is C19H17N5O4. The van der Waals surface area contributed by atoms with Gasteiger partial charge in [0.2, 0.25) is 0 Å². The van der Waals surface area contributed by atoms with E-state index >= 15 is 0 Å². The molecule has 2 fully saturated rings. The van der Waals surface area contributed by atoms with E-state index in [1.807, 2.05) is 6.07 Å². The first-order valence-electron chi connectivity index (χ1n) is 8.97. The lowest BCUT2D eigenvalue weighted by Crippen LogP contribution is -2.40. The lowest BCUT2D eigenvalue weighted by atomic mass is 10.2. The number of rotatable bonds is 4. The predicted molar refractivity (Wildman–Crippen MR) is 97.5 cm³/mol. The minimum atomic E-state index is -0.995. The number of hydrogen-bond acceptors (Lipinski definition) is 6. The second-order valence-corrected chi connectivity index (χ2v) is 6.82. The summed E-state index contributed by atoms with van der Waals surface area (Å²) in [5, 5.41) is 19.9. The van der Waals surface area contributed by atoms with Gasteiger partial charge in [0, 0.05) is 6.04 Å². The SMILES string of the molecule is N#C/C(=C(/O)CN1C(=O)C(=O)N(C2CCCC2)C1=O)c1nc2ccccc2[nH]1. The molecule has 0 spiro atoms. The number of allylic oxidation sites excluding steroid dienone is 1. The maximum Gasteiger partial charge on any atom is 0.334 e. The smallest absolute Gasteiger partial charge is 0.334 e. The molecule has 9 heteroatoms. The minimum absolute atomic E-state index is 0.124. The van der Waals surface area contributed by atoms with Gasteiger partial charge in [-0.15, -0.1) is 0 Å². The van der Waals surface area contributed by atoms with Gasteiger partial charge in [0.15, 0.2) is 5.82 Å². The molecule has 1 aromatic heterocycles. The van der Waals surface area contributed by atoms with Crippen molar-refractivity contribution >= 4 is 34.5 Å². The molecule has 1 aliphatic carbocycles. The highest BCUT2D eigenvalue weighted by molar-refractivity contribution is 6.44. The fraction of sp³-hybridized carbons (Fsp3) is 0.316. The number of benzene rings is 1. The summed E-state index contributed by atoms with van der Waals surface area (Å²) in [5.41, 5.74) is 1.09. The number of aliphatic hydroxyl groups is 1. The molecule has 0 radical (unpaired) electrons. The zero-order chi connectivity index (χ0) is 19.8. The summed E-state index contributed by atoms with van der Waals surface area (Å²) in [5.74, 6) is -2.26. The van der Waals surface area contributed by atoms with Gasteiger partial charge in [0.05, 0.1) is 17.6 Å². The summed E-state index contributed by atoms with van der Waals surface area (Å²) < 4.78 is 0. The van der Waals surface area contributed by atoms with Crippen molar-refractivity contribution in [1.82, 2.24) is 19.8 Å². The molecule has 0 unspecified atom stereocenters. The van der Waals surface area contributed by atoms with Gasteiger partial charge < -0.3 is 10.1 Å². The Morgan fingerprint density at radius 3 is 2.61 bits per heavy atom. The number of imide groups is 2. The summed E-state index contributed by atoms with van der Waals surface area (Å²) >= 11 is 0. The lowest BCUT2D eigenvalue weighted by Gasteiger charge is -2.21. The highest BCUT2D eigenvalue weighted by Gasteiger charge is 2.48. The van der Waals surface area contributed by atoms with Gasteiger partial charge in [-0.3, -0.25) is 14.5 Å². The molecular weight excluding hydrogens is 362 g/mol. The Balaban J connectivity index is 1.62. The standard InChI is InChI=1S/C19H17N5O4/c20-9-12(16-21-13-7-3-4-8-14(13)22-16)15(25)10-23-17(26)18(27)24(19(23)28)11-5-1-2-6-11/h3-4,7-8,11,25H,1-2,5-6,10H2,(H,21,22)/b15-12-. The number of carbonyl (C=O) groups is 3. The molecule has 2 heterocycles. The van der Waals surface area contributed by atoms with Crippen LogP contribution in [0.1, 0.15) is 31.5 Å². The first-order valence-corrected chi connectivity index (χ1v) is 8.97. The molecule has 4 amide bonds. The fourth-order valence-electron chi connectivity index (χ4n) is 3.70. The van der Waals surface area contributed by atoms with Gasteiger partial charge in [-0.05, 0) is 25.0 Å². The topological polar surface area (TPSA) is 130 Å². The van der Waals surface area contributed by atoms with E-state index in [1.54, 1.807) is 24.3 Å².